The molecule has 4 aromatic heterocycles. The predicted octanol–water partition coefficient (Wildman–Crippen LogP) is 5.28. The minimum absolute atomic E-state index is 0.601. The fourth-order valence-electron chi connectivity index (χ4n) is 3.76. The van der Waals surface area contributed by atoms with Gasteiger partial charge in [0, 0.05) is 34.4 Å². The first-order valence-corrected chi connectivity index (χ1v) is 11.9. The average Bonchev–Trinajstić information content (AvgIpc) is 3.54. The lowest BCUT2D eigenvalue weighted by Gasteiger charge is -2.12. The van der Waals surface area contributed by atoms with Crippen LogP contribution in [0, 0.1) is 34.6 Å². The average molecular weight is 493 g/mol. The Bertz CT molecular complexity index is 1660. The van der Waals surface area contributed by atoms with Crippen LogP contribution in [-0.4, -0.2) is 39.2 Å². The molecule has 0 spiro atoms. The molecule has 2 N–H and O–H groups in total. The quantitative estimate of drug-likeness (QED) is 0.342. The molecule has 0 fully saturated rings. The first-order chi connectivity index (χ1) is 17.9. The maximum absolute atomic E-state index is 4.40. The zero-order valence-electron chi connectivity index (χ0n) is 21.4. The van der Waals surface area contributed by atoms with Gasteiger partial charge in [-0.3, -0.25) is 0 Å². The van der Waals surface area contributed by atoms with Crippen molar-refractivity contribution >= 4 is 34.6 Å². The van der Waals surface area contributed by atoms with Gasteiger partial charge in [-0.2, -0.15) is 29.2 Å². The van der Waals surface area contributed by atoms with Crippen LogP contribution in [0.1, 0.15) is 28.1 Å². The standard InChI is InChI=1S/C14H15N5.C13H13N5/c1-9-4-6-12(7-5-9)18-13-10(2)11(3)17-14-15-8-16-19(13)14;1-9-3-5-11(6-4-9)17-12-7-10(2)16-13-14-8-15-18(12)13/h4-8,18H,1-3H3;3-8,17H,1-2H3. The SMILES string of the molecule is Cc1ccc(Nc2c(C)c(C)nc3ncnn23)cc1.Cc1ccc(Nc2cc(C)nc3ncnn23)cc1. The lowest BCUT2D eigenvalue weighted by molar-refractivity contribution is 0.923. The van der Waals surface area contributed by atoms with Crippen LogP contribution in [0.15, 0.2) is 67.3 Å². The summed E-state index contributed by atoms with van der Waals surface area (Å²) in [5.74, 6) is 2.98. The summed E-state index contributed by atoms with van der Waals surface area (Å²) in [6.07, 6.45) is 3.02. The van der Waals surface area contributed by atoms with Crippen LogP contribution in [-0.2, 0) is 0 Å². The maximum atomic E-state index is 4.40. The highest BCUT2D eigenvalue weighted by molar-refractivity contribution is 5.62. The molecule has 0 amide bonds. The molecule has 6 rings (SSSR count). The van der Waals surface area contributed by atoms with Crippen molar-refractivity contribution in [2.45, 2.75) is 34.6 Å². The highest BCUT2D eigenvalue weighted by Crippen LogP contribution is 2.22. The Labute approximate surface area is 214 Å². The van der Waals surface area contributed by atoms with Crippen LogP contribution < -0.4 is 10.6 Å². The van der Waals surface area contributed by atoms with Gasteiger partial charge in [0.05, 0.1) is 0 Å². The molecule has 6 aromatic rings. The Kier molecular flexibility index (Phi) is 6.46. The van der Waals surface area contributed by atoms with Gasteiger partial charge in [-0.25, -0.2) is 9.97 Å². The predicted molar refractivity (Wildman–Crippen MR) is 145 cm³/mol. The Morgan fingerprint density at radius 2 is 1.16 bits per heavy atom. The normalized spacial score (nSPS) is 10.8. The summed E-state index contributed by atoms with van der Waals surface area (Å²) in [6.45, 7) is 10.1. The minimum atomic E-state index is 0.601. The zero-order valence-corrected chi connectivity index (χ0v) is 21.4. The Morgan fingerprint density at radius 3 is 1.78 bits per heavy atom. The molecule has 0 unspecified atom stereocenters. The van der Waals surface area contributed by atoms with E-state index < -0.39 is 0 Å². The number of rotatable bonds is 4. The highest BCUT2D eigenvalue weighted by Gasteiger charge is 2.11. The van der Waals surface area contributed by atoms with Gasteiger partial charge in [-0.1, -0.05) is 35.4 Å². The summed E-state index contributed by atoms with van der Waals surface area (Å²) in [6, 6.07) is 18.4. The molecule has 10 heteroatoms. The molecule has 4 heterocycles. The number of aryl methyl sites for hydroxylation is 4. The van der Waals surface area contributed by atoms with E-state index in [2.05, 4.69) is 78.9 Å². The molecule has 10 nitrogen and oxygen atoms in total. The molecule has 37 heavy (non-hydrogen) atoms. The largest absolute Gasteiger partial charge is 0.340 e. The van der Waals surface area contributed by atoms with Crippen LogP contribution in [0.25, 0.3) is 11.6 Å². The molecular weight excluding hydrogens is 464 g/mol. The molecule has 186 valence electrons. The van der Waals surface area contributed by atoms with Gasteiger partial charge >= 0.3 is 0 Å². The number of aromatic nitrogens is 8. The second-order valence-electron chi connectivity index (χ2n) is 8.88. The van der Waals surface area contributed by atoms with Crippen molar-refractivity contribution in [3.8, 4) is 0 Å². The number of anilines is 4. The van der Waals surface area contributed by atoms with Crippen LogP contribution in [0.3, 0.4) is 0 Å². The summed E-state index contributed by atoms with van der Waals surface area (Å²) in [7, 11) is 0. The first-order valence-electron chi connectivity index (χ1n) is 11.9. The number of fused-ring (bicyclic) bond motifs is 2. The van der Waals surface area contributed by atoms with E-state index in [1.54, 1.807) is 9.03 Å². The summed E-state index contributed by atoms with van der Waals surface area (Å²) in [5, 5.41) is 15.1. The number of hydrogen-bond acceptors (Lipinski definition) is 8. The van der Waals surface area contributed by atoms with E-state index in [0.29, 0.717) is 11.6 Å². The minimum Gasteiger partial charge on any atom is -0.340 e. The molecule has 0 saturated carbocycles. The Morgan fingerprint density at radius 1 is 0.622 bits per heavy atom. The summed E-state index contributed by atoms with van der Waals surface area (Å²) in [4.78, 5) is 16.9. The zero-order chi connectivity index (χ0) is 25.9. The van der Waals surface area contributed by atoms with Crippen molar-refractivity contribution in [1.82, 2.24) is 39.2 Å². The Balaban J connectivity index is 0.000000152. The van der Waals surface area contributed by atoms with Crippen molar-refractivity contribution in [2.24, 2.45) is 0 Å². The maximum Gasteiger partial charge on any atom is 0.254 e. The van der Waals surface area contributed by atoms with Crippen LogP contribution in [0.2, 0.25) is 0 Å². The van der Waals surface area contributed by atoms with Gasteiger partial charge in [0.2, 0.25) is 0 Å². The fraction of sp³-hybridized carbons (Fsp3) is 0.185. The second-order valence-corrected chi connectivity index (χ2v) is 8.88. The van der Waals surface area contributed by atoms with Gasteiger partial charge in [0.1, 0.15) is 24.3 Å². The summed E-state index contributed by atoms with van der Waals surface area (Å²) >= 11 is 0. The topological polar surface area (TPSA) is 110 Å². The van der Waals surface area contributed by atoms with Crippen molar-refractivity contribution in [2.75, 3.05) is 10.6 Å². The summed E-state index contributed by atoms with van der Waals surface area (Å²) < 4.78 is 3.41. The molecule has 2 aromatic carbocycles. The molecule has 0 aliphatic heterocycles. The number of hydrogen-bond donors (Lipinski definition) is 2. The van der Waals surface area contributed by atoms with E-state index in [-0.39, 0.29) is 0 Å². The van der Waals surface area contributed by atoms with E-state index in [0.717, 1.165) is 40.0 Å². The third kappa shape index (κ3) is 5.22. The van der Waals surface area contributed by atoms with Gasteiger partial charge < -0.3 is 10.6 Å². The van der Waals surface area contributed by atoms with E-state index in [1.807, 2.05) is 51.1 Å². The number of nitrogens with zero attached hydrogens (tertiary/aromatic N) is 8. The van der Waals surface area contributed by atoms with Crippen molar-refractivity contribution < 1.29 is 0 Å². The summed E-state index contributed by atoms with van der Waals surface area (Å²) in [5.41, 5.74) is 7.44. The molecule has 0 bridgehead atoms. The van der Waals surface area contributed by atoms with Gasteiger partial charge in [0.25, 0.3) is 11.6 Å². The van der Waals surface area contributed by atoms with Crippen molar-refractivity contribution in [3.05, 3.63) is 95.3 Å². The fourth-order valence-corrected chi connectivity index (χ4v) is 3.76. The number of benzene rings is 2. The first kappa shape index (κ1) is 23.9. The van der Waals surface area contributed by atoms with Crippen LogP contribution >= 0.6 is 0 Å². The molecule has 0 aliphatic carbocycles. The lowest BCUT2D eigenvalue weighted by atomic mass is 10.2. The molecule has 0 atom stereocenters. The van der Waals surface area contributed by atoms with E-state index in [1.165, 1.54) is 23.8 Å². The van der Waals surface area contributed by atoms with E-state index in [4.69, 9.17) is 0 Å². The molecule has 0 radical (unpaired) electrons. The smallest absolute Gasteiger partial charge is 0.254 e. The van der Waals surface area contributed by atoms with Crippen molar-refractivity contribution in [3.63, 3.8) is 0 Å². The second kappa shape index (κ2) is 10.0. The number of nitrogens with one attached hydrogen (secondary N) is 2. The lowest BCUT2D eigenvalue weighted by Crippen LogP contribution is -2.06. The van der Waals surface area contributed by atoms with Gasteiger partial charge in [0.15, 0.2) is 0 Å². The van der Waals surface area contributed by atoms with E-state index >= 15 is 0 Å². The monoisotopic (exact) mass is 492 g/mol. The molecule has 0 saturated heterocycles. The van der Waals surface area contributed by atoms with Crippen molar-refractivity contribution in [1.29, 1.82) is 0 Å². The third-order valence-corrected chi connectivity index (χ3v) is 5.93. The Hall–Kier alpha value is -4.86. The molecular formula is C27H28N10. The van der Waals surface area contributed by atoms with Crippen LogP contribution in [0.5, 0.6) is 0 Å². The molecule has 0 aliphatic rings. The van der Waals surface area contributed by atoms with Gasteiger partial charge in [-0.05, 0) is 58.9 Å². The van der Waals surface area contributed by atoms with E-state index in [9.17, 15) is 0 Å². The third-order valence-electron chi connectivity index (χ3n) is 5.93. The van der Waals surface area contributed by atoms with Crippen LogP contribution in [0.4, 0.5) is 23.0 Å². The van der Waals surface area contributed by atoms with Gasteiger partial charge in [-0.15, -0.1) is 0 Å². The highest BCUT2D eigenvalue weighted by atomic mass is 15.4.